The molecule has 226 valence electrons. The van der Waals surface area contributed by atoms with Gasteiger partial charge in [-0.05, 0) is 48.5 Å². The van der Waals surface area contributed by atoms with E-state index in [0.717, 1.165) is 18.2 Å². The number of hydroxylamine groups is 1. The van der Waals surface area contributed by atoms with E-state index in [4.69, 9.17) is 14.9 Å². The van der Waals surface area contributed by atoms with Gasteiger partial charge in [0, 0.05) is 18.5 Å². The van der Waals surface area contributed by atoms with Crippen molar-refractivity contribution in [2.45, 2.75) is 69.8 Å². The number of nitrogens with one attached hydrogen (secondary N) is 4. The van der Waals surface area contributed by atoms with Crippen molar-refractivity contribution < 1.29 is 47.2 Å². The van der Waals surface area contributed by atoms with E-state index in [1.165, 1.54) is 18.2 Å². The number of hydrogen-bond donors (Lipinski definition) is 6. The van der Waals surface area contributed by atoms with Crippen LogP contribution in [-0.4, -0.2) is 52.9 Å². The fourth-order valence-corrected chi connectivity index (χ4v) is 4.20. The Morgan fingerprint density at radius 3 is 2.45 bits per heavy atom. The molecule has 15 heteroatoms. The smallest absolute Gasteiger partial charge is 0.423 e. The van der Waals surface area contributed by atoms with Gasteiger partial charge in [-0.3, -0.25) is 24.0 Å². The van der Waals surface area contributed by atoms with E-state index in [2.05, 4.69) is 21.4 Å². The monoisotopic (exact) mass is 592 g/mol. The molecule has 2 aromatic rings. The van der Waals surface area contributed by atoms with Crippen LogP contribution in [0.1, 0.15) is 56.1 Å². The van der Waals surface area contributed by atoms with E-state index in [9.17, 15) is 32.3 Å². The van der Waals surface area contributed by atoms with Crippen LogP contribution in [0.15, 0.2) is 48.5 Å². The molecular weight excluding hydrogens is 560 g/mol. The van der Waals surface area contributed by atoms with E-state index in [-0.39, 0.29) is 49.8 Å². The topological polar surface area (TPSA) is 166 Å². The number of rotatable bonds is 14. The molecule has 0 aromatic heterocycles. The normalized spacial score (nSPS) is 15.5. The molecule has 1 saturated heterocycles. The molecule has 6 N–H and O–H groups in total. The Hall–Kier alpha value is -3.95. The van der Waals surface area contributed by atoms with Gasteiger partial charge in [0.25, 0.3) is 0 Å². The molecule has 1 aliphatic rings. The van der Waals surface area contributed by atoms with E-state index >= 15 is 0 Å². The summed E-state index contributed by atoms with van der Waals surface area (Å²) in [6.45, 7) is 0.0668. The number of alkyl halides is 3. The van der Waals surface area contributed by atoms with Crippen molar-refractivity contribution >= 4 is 41.9 Å². The minimum absolute atomic E-state index is 0.0668. The fourth-order valence-electron chi connectivity index (χ4n) is 4.20. The summed E-state index contributed by atoms with van der Waals surface area (Å²) < 4.78 is 39.2. The van der Waals surface area contributed by atoms with Crippen molar-refractivity contribution in [1.29, 1.82) is 0 Å². The molecule has 3 rings (SSSR count). The summed E-state index contributed by atoms with van der Waals surface area (Å²) in [5.74, 6) is -1.94. The first-order valence-corrected chi connectivity index (χ1v) is 13.4. The number of amides is 4. The van der Waals surface area contributed by atoms with Crippen LogP contribution in [0, 0.1) is 0 Å². The Kier molecular flexibility index (Phi) is 11.9. The van der Waals surface area contributed by atoms with Gasteiger partial charge in [0.05, 0.1) is 12.2 Å². The highest BCUT2D eigenvalue weighted by Crippen LogP contribution is 2.30. The zero-order valence-electron chi connectivity index (χ0n) is 22.6. The maximum atomic E-state index is 13.1. The van der Waals surface area contributed by atoms with Gasteiger partial charge in [0.2, 0.25) is 23.6 Å². The second-order valence-electron chi connectivity index (χ2n) is 9.82. The Labute approximate surface area is 240 Å². The average molecular weight is 592 g/mol. The molecule has 11 nitrogen and oxygen atoms in total. The lowest BCUT2D eigenvalue weighted by molar-refractivity contribution is -0.137. The van der Waals surface area contributed by atoms with Crippen LogP contribution >= 0.6 is 0 Å². The van der Waals surface area contributed by atoms with Crippen LogP contribution in [0.4, 0.5) is 18.9 Å². The lowest BCUT2D eigenvalue weighted by atomic mass is 9.80. The van der Waals surface area contributed by atoms with Gasteiger partial charge in [-0.1, -0.05) is 43.2 Å². The minimum atomic E-state index is -4.59. The summed E-state index contributed by atoms with van der Waals surface area (Å²) >= 11 is 0. The molecule has 1 heterocycles. The maximum absolute atomic E-state index is 13.1. The van der Waals surface area contributed by atoms with Crippen molar-refractivity contribution in [2.75, 3.05) is 5.32 Å². The number of anilines is 1. The Morgan fingerprint density at radius 2 is 1.81 bits per heavy atom. The molecule has 0 radical (unpaired) electrons. The van der Waals surface area contributed by atoms with Gasteiger partial charge in [0.15, 0.2) is 0 Å². The summed E-state index contributed by atoms with van der Waals surface area (Å²) in [6, 6.07) is 8.54. The average Bonchev–Trinajstić information content (AvgIpc) is 3.38. The highest BCUT2D eigenvalue weighted by atomic mass is 19.4. The predicted molar refractivity (Wildman–Crippen MR) is 145 cm³/mol. The molecule has 0 saturated carbocycles. The summed E-state index contributed by atoms with van der Waals surface area (Å²) in [5, 5.41) is 25.7. The zero-order valence-corrected chi connectivity index (χ0v) is 22.6. The number of halogens is 3. The summed E-state index contributed by atoms with van der Waals surface area (Å²) in [6.07, 6.45) is -2.54. The first-order chi connectivity index (χ1) is 19.9. The van der Waals surface area contributed by atoms with Crippen molar-refractivity contribution in [2.24, 2.45) is 0 Å². The van der Waals surface area contributed by atoms with Crippen LogP contribution < -0.4 is 26.9 Å². The van der Waals surface area contributed by atoms with Crippen LogP contribution in [0.5, 0.6) is 0 Å². The molecule has 0 spiro atoms. The summed E-state index contributed by atoms with van der Waals surface area (Å²) in [5.41, 5.74) is 2.33. The number of unbranched alkanes of at least 4 members (excludes halogenated alkanes) is 2. The van der Waals surface area contributed by atoms with Crippen LogP contribution in [-0.2, 0) is 36.8 Å². The van der Waals surface area contributed by atoms with Crippen LogP contribution in [0.25, 0.3) is 0 Å². The second-order valence-corrected chi connectivity index (χ2v) is 9.82. The van der Waals surface area contributed by atoms with Gasteiger partial charge >= 0.3 is 13.3 Å². The first-order valence-electron chi connectivity index (χ1n) is 13.4. The molecular formula is C27H32BF3N4O7. The summed E-state index contributed by atoms with van der Waals surface area (Å²) in [4.78, 5) is 54.3. The Balaban J connectivity index is 1.46. The van der Waals surface area contributed by atoms with Crippen molar-refractivity contribution in [1.82, 2.24) is 16.1 Å². The lowest BCUT2D eigenvalue weighted by Crippen LogP contribution is -2.50. The highest BCUT2D eigenvalue weighted by molar-refractivity contribution is 6.58. The van der Waals surface area contributed by atoms with E-state index < -0.39 is 42.8 Å². The third-order valence-electron chi connectivity index (χ3n) is 6.50. The van der Waals surface area contributed by atoms with Crippen molar-refractivity contribution in [3.8, 4) is 0 Å². The maximum Gasteiger partial charge on any atom is 0.488 e. The molecule has 0 unspecified atom stereocenters. The lowest BCUT2D eigenvalue weighted by Gasteiger charge is -2.21. The molecule has 2 atom stereocenters. The standard InChI is InChI=1S/C27H32BF3N4O7/c29-27(30,31)18-5-4-6-20(15-18)32-25(38)21(34-26(39)22-13-14-23(36)33-22)7-2-1-3-8-24(37)35-42-16-17-9-11-19(12-10-17)28(40)41/h4-6,9-12,15,21-22,40-41H,1-3,7-8,13-14,16H2,(H,32,38)(H,33,36)(H,34,39)(H,35,37)/t21-,22+/m0/s1. The number of carbonyl (C=O) groups excluding carboxylic acids is 4. The molecule has 42 heavy (non-hydrogen) atoms. The Morgan fingerprint density at radius 1 is 1.07 bits per heavy atom. The number of benzene rings is 2. The van der Waals surface area contributed by atoms with Gasteiger partial charge in [-0.2, -0.15) is 13.2 Å². The molecule has 4 amide bonds. The van der Waals surface area contributed by atoms with Gasteiger partial charge in [-0.25, -0.2) is 5.48 Å². The second kappa shape index (κ2) is 15.3. The largest absolute Gasteiger partial charge is 0.488 e. The third-order valence-corrected chi connectivity index (χ3v) is 6.50. The quantitative estimate of drug-likeness (QED) is 0.109. The SMILES string of the molecule is O=C(CCCCC[C@H](NC(=O)[C@H]1CCC(=O)N1)C(=O)Nc1cccc(C(F)(F)F)c1)NOCc1ccc(B(O)O)cc1. The fraction of sp³-hybridized carbons (Fsp3) is 0.407. The Bertz CT molecular complexity index is 1240. The third kappa shape index (κ3) is 10.5. The van der Waals surface area contributed by atoms with Gasteiger partial charge in [0.1, 0.15) is 12.1 Å². The van der Waals surface area contributed by atoms with E-state index in [1.807, 2.05) is 0 Å². The van der Waals surface area contributed by atoms with Crippen molar-refractivity contribution in [3.05, 3.63) is 59.7 Å². The first kappa shape index (κ1) is 32.6. The zero-order chi connectivity index (χ0) is 30.7. The molecule has 2 aromatic carbocycles. The van der Waals surface area contributed by atoms with Gasteiger partial charge in [-0.15, -0.1) is 0 Å². The molecule has 1 aliphatic heterocycles. The molecule has 1 fully saturated rings. The highest BCUT2D eigenvalue weighted by Gasteiger charge is 2.32. The minimum Gasteiger partial charge on any atom is -0.423 e. The number of hydrogen-bond acceptors (Lipinski definition) is 7. The van der Waals surface area contributed by atoms with Gasteiger partial charge < -0.3 is 26.0 Å². The van der Waals surface area contributed by atoms with Crippen molar-refractivity contribution in [3.63, 3.8) is 0 Å². The predicted octanol–water partition coefficient (Wildman–Crippen LogP) is 1.29. The molecule has 0 bridgehead atoms. The molecule has 0 aliphatic carbocycles. The van der Waals surface area contributed by atoms with E-state index in [1.54, 1.807) is 12.1 Å². The van der Waals surface area contributed by atoms with E-state index in [0.29, 0.717) is 30.3 Å². The summed E-state index contributed by atoms with van der Waals surface area (Å²) in [7, 11) is -1.58. The number of carbonyl (C=O) groups is 4. The van der Waals surface area contributed by atoms with Crippen LogP contribution in [0.3, 0.4) is 0 Å². The van der Waals surface area contributed by atoms with Crippen LogP contribution in [0.2, 0.25) is 0 Å².